The van der Waals surface area contributed by atoms with Crippen molar-refractivity contribution >= 4 is 17.2 Å². The Bertz CT molecular complexity index is 825. The summed E-state index contributed by atoms with van der Waals surface area (Å²) < 4.78 is 5.45. The summed E-state index contributed by atoms with van der Waals surface area (Å²) in [6, 6.07) is 15.1. The van der Waals surface area contributed by atoms with E-state index in [9.17, 15) is 4.79 Å². The van der Waals surface area contributed by atoms with E-state index in [1.807, 2.05) is 48.7 Å². The molecular weight excluding hydrogens is 308 g/mol. The lowest BCUT2D eigenvalue weighted by Crippen LogP contribution is -2.10. The number of primary amides is 1. The molecular formula is C18H16N2O2S. The SMILES string of the molecule is CCOc1ccc(-c2csc(-c3cccc(C(N)=O)c3)n2)cc1. The van der Waals surface area contributed by atoms with Crippen LogP contribution in [-0.2, 0) is 0 Å². The molecule has 5 heteroatoms. The fourth-order valence-corrected chi connectivity index (χ4v) is 3.06. The third kappa shape index (κ3) is 3.40. The highest BCUT2D eigenvalue weighted by atomic mass is 32.1. The first-order chi connectivity index (χ1) is 11.2. The van der Waals surface area contributed by atoms with Crippen LogP contribution in [0.5, 0.6) is 5.75 Å². The van der Waals surface area contributed by atoms with Gasteiger partial charge in [0.1, 0.15) is 10.8 Å². The van der Waals surface area contributed by atoms with Gasteiger partial charge in [0.05, 0.1) is 12.3 Å². The number of carbonyl (C=O) groups excluding carboxylic acids is 1. The topological polar surface area (TPSA) is 65.2 Å². The molecule has 116 valence electrons. The molecule has 0 aliphatic carbocycles. The zero-order valence-electron chi connectivity index (χ0n) is 12.7. The normalized spacial score (nSPS) is 10.5. The minimum atomic E-state index is -0.435. The highest BCUT2D eigenvalue weighted by molar-refractivity contribution is 7.13. The maximum absolute atomic E-state index is 11.3. The Labute approximate surface area is 138 Å². The second-order valence-electron chi connectivity index (χ2n) is 4.94. The van der Waals surface area contributed by atoms with Gasteiger partial charge in [0.15, 0.2) is 0 Å². The lowest BCUT2D eigenvalue weighted by atomic mass is 10.1. The van der Waals surface area contributed by atoms with E-state index >= 15 is 0 Å². The number of aromatic nitrogens is 1. The third-order valence-corrected chi connectivity index (χ3v) is 4.25. The fraction of sp³-hybridized carbons (Fsp3) is 0.111. The van der Waals surface area contributed by atoms with Crippen LogP contribution in [0.15, 0.2) is 53.9 Å². The molecule has 23 heavy (non-hydrogen) atoms. The predicted octanol–water partition coefficient (Wildman–Crippen LogP) is 3.97. The largest absolute Gasteiger partial charge is 0.494 e. The van der Waals surface area contributed by atoms with Crippen molar-refractivity contribution in [3.05, 3.63) is 59.5 Å². The molecule has 0 fully saturated rings. The van der Waals surface area contributed by atoms with Crippen LogP contribution < -0.4 is 10.5 Å². The van der Waals surface area contributed by atoms with E-state index in [2.05, 4.69) is 4.98 Å². The number of hydrogen-bond donors (Lipinski definition) is 1. The maximum atomic E-state index is 11.3. The van der Waals surface area contributed by atoms with Crippen molar-refractivity contribution in [1.29, 1.82) is 0 Å². The summed E-state index contributed by atoms with van der Waals surface area (Å²) >= 11 is 1.54. The van der Waals surface area contributed by atoms with Gasteiger partial charge in [-0.05, 0) is 43.3 Å². The van der Waals surface area contributed by atoms with Crippen LogP contribution in [0.2, 0.25) is 0 Å². The molecule has 0 aliphatic heterocycles. The van der Waals surface area contributed by atoms with E-state index in [1.165, 1.54) is 11.3 Å². The summed E-state index contributed by atoms with van der Waals surface area (Å²) in [5.74, 6) is 0.413. The van der Waals surface area contributed by atoms with Gasteiger partial charge in [-0.15, -0.1) is 11.3 Å². The van der Waals surface area contributed by atoms with Crippen LogP contribution in [0.1, 0.15) is 17.3 Å². The van der Waals surface area contributed by atoms with Crippen molar-refractivity contribution in [2.24, 2.45) is 5.73 Å². The van der Waals surface area contributed by atoms with Crippen LogP contribution >= 0.6 is 11.3 Å². The van der Waals surface area contributed by atoms with Crippen molar-refractivity contribution in [3.63, 3.8) is 0 Å². The van der Waals surface area contributed by atoms with Gasteiger partial charge in [-0.3, -0.25) is 4.79 Å². The number of nitrogens with zero attached hydrogens (tertiary/aromatic N) is 1. The molecule has 4 nitrogen and oxygen atoms in total. The monoisotopic (exact) mass is 324 g/mol. The number of amides is 1. The Kier molecular flexibility index (Phi) is 4.39. The minimum absolute atomic E-state index is 0.435. The number of thiazole rings is 1. The molecule has 0 saturated carbocycles. The number of carbonyl (C=O) groups is 1. The molecule has 0 unspecified atom stereocenters. The smallest absolute Gasteiger partial charge is 0.248 e. The lowest BCUT2D eigenvalue weighted by molar-refractivity contribution is 0.100. The second-order valence-corrected chi connectivity index (χ2v) is 5.80. The zero-order chi connectivity index (χ0) is 16.2. The molecule has 2 aromatic carbocycles. The first-order valence-corrected chi connectivity index (χ1v) is 8.14. The van der Waals surface area contributed by atoms with Gasteiger partial charge in [-0.2, -0.15) is 0 Å². The van der Waals surface area contributed by atoms with Gasteiger partial charge in [0.25, 0.3) is 0 Å². The summed E-state index contributed by atoms with van der Waals surface area (Å²) in [6.45, 7) is 2.61. The number of ether oxygens (including phenoxy) is 1. The van der Waals surface area contributed by atoms with Gasteiger partial charge in [-0.25, -0.2) is 4.98 Å². The van der Waals surface area contributed by atoms with Crippen LogP contribution in [-0.4, -0.2) is 17.5 Å². The Morgan fingerprint density at radius 1 is 1.17 bits per heavy atom. The van der Waals surface area contributed by atoms with Gasteiger partial charge in [0, 0.05) is 22.1 Å². The lowest BCUT2D eigenvalue weighted by Gasteiger charge is -2.03. The molecule has 1 heterocycles. The average molecular weight is 324 g/mol. The molecule has 2 N–H and O–H groups in total. The van der Waals surface area contributed by atoms with E-state index in [4.69, 9.17) is 10.5 Å². The number of rotatable bonds is 5. The molecule has 0 aliphatic rings. The van der Waals surface area contributed by atoms with Crippen LogP contribution in [0.3, 0.4) is 0 Å². The summed E-state index contributed by atoms with van der Waals surface area (Å²) in [7, 11) is 0. The standard InChI is InChI=1S/C18H16N2O2S/c1-2-22-15-8-6-12(7-9-15)16-11-23-18(20-16)14-5-3-4-13(10-14)17(19)21/h3-11H,2H2,1H3,(H2,19,21). The summed E-state index contributed by atoms with van der Waals surface area (Å²) in [6.07, 6.45) is 0. The van der Waals surface area contributed by atoms with Crippen LogP contribution in [0.25, 0.3) is 21.8 Å². The van der Waals surface area contributed by atoms with Gasteiger partial charge in [-0.1, -0.05) is 12.1 Å². The Balaban J connectivity index is 1.88. The van der Waals surface area contributed by atoms with Gasteiger partial charge >= 0.3 is 0 Å². The quantitative estimate of drug-likeness (QED) is 0.772. The Morgan fingerprint density at radius 2 is 1.96 bits per heavy atom. The van der Waals surface area contributed by atoms with Crippen molar-refractivity contribution in [1.82, 2.24) is 4.98 Å². The van der Waals surface area contributed by atoms with Crippen molar-refractivity contribution in [3.8, 4) is 27.6 Å². The van der Waals surface area contributed by atoms with E-state index in [0.717, 1.165) is 27.6 Å². The number of benzene rings is 2. The molecule has 0 bridgehead atoms. The van der Waals surface area contributed by atoms with Crippen molar-refractivity contribution in [2.75, 3.05) is 6.61 Å². The van der Waals surface area contributed by atoms with E-state index in [0.29, 0.717) is 12.2 Å². The fourth-order valence-electron chi connectivity index (χ4n) is 2.23. The summed E-state index contributed by atoms with van der Waals surface area (Å²) in [5.41, 5.74) is 8.64. The number of nitrogens with two attached hydrogens (primary N) is 1. The Morgan fingerprint density at radius 3 is 2.65 bits per heavy atom. The number of hydrogen-bond acceptors (Lipinski definition) is 4. The maximum Gasteiger partial charge on any atom is 0.248 e. The van der Waals surface area contributed by atoms with E-state index in [-0.39, 0.29) is 0 Å². The first-order valence-electron chi connectivity index (χ1n) is 7.26. The molecule has 0 spiro atoms. The van der Waals surface area contributed by atoms with Gasteiger partial charge in [0.2, 0.25) is 5.91 Å². The van der Waals surface area contributed by atoms with E-state index in [1.54, 1.807) is 12.1 Å². The molecule has 0 saturated heterocycles. The minimum Gasteiger partial charge on any atom is -0.494 e. The molecule has 0 radical (unpaired) electrons. The predicted molar refractivity (Wildman–Crippen MR) is 92.7 cm³/mol. The molecule has 1 amide bonds. The second kappa shape index (κ2) is 6.62. The molecule has 3 rings (SSSR count). The molecule has 3 aromatic rings. The highest BCUT2D eigenvalue weighted by Gasteiger charge is 2.09. The molecule has 1 aromatic heterocycles. The van der Waals surface area contributed by atoms with Crippen LogP contribution in [0, 0.1) is 0 Å². The van der Waals surface area contributed by atoms with Crippen molar-refractivity contribution in [2.45, 2.75) is 6.92 Å². The van der Waals surface area contributed by atoms with E-state index < -0.39 is 5.91 Å². The van der Waals surface area contributed by atoms with Crippen LogP contribution in [0.4, 0.5) is 0 Å². The first kappa shape index (κ1) is 15.2. The summed E-state index contributed by atoms with van der Waals surface area (Å²) in [4.78, 5) is 15.9. The van der Waals surface area contributed by atoms with Crippen molar-refractivity contribution < 1.29 is 9.53 Å². The molecule has 0 atom stereocenters. The zero-order valence-corrected chi connectivity index (χ0v) is 13.5. The average Bonchev–Trinajstić information content (AvgIpc) is 3.06. The third-order valence-electron chi connectivity index (χ3n) is 3.36. The highest BCUT2D eigenvalue weighted by Crippen LogP contribution is 2.30. The summed E-state index contributed by atoms with van der Waals surface area (Å²) in [5, 5.41) is 2.86. The van der Waals surface area contributed by atoms with Gasteiger partial charge < -0.3 is 10.5 Å². The Hall–Kier alpha value is -2.66.